The molecule has 0 aliphatic carbocycles. The Labute approximate surface area is 83.2 Å². The molecule has 1 aliphatic rings. The number of aromatic nitrogens is 2. The average molecular weight is 215 g/mol. The van der Waals surface area contributed by atoms with Crippen LogP contribution in [0.4, 0.5) is 0 Å². The van der Waals surface area contributed by atoms with E-state index in [9.17, 15) is 8.42 Å². The summed E-state index contributed by atoms with van der Waals surface area (Å²) >= 11 is 0. The zero-order chi connectivity index (χ0) is 10.0. The Morgan fingerprint density at radius 3 is 2.57 bits per heavy atom. The van der Waals surface area contributed by atoms with Crippen LogP contribution in [0.15, 0.2) is 17.3 Å². The van der Waals surface area contributed by atoms with Crippen LogP contribution < -0.4 is 0 Å². The molecule has 1 N–H and O–H groups in total. The summed E-state index contributed by atoms with van der Waals surface area (Å²) in [5.74, 6) is 0. The second-order valence-corrected chi connectivity index (χ2v) is 5.34. The van der Waals surface area contributed by atoms with Gasteiger partial charge in [0, 0.05) is 19.3 Å². The molecule has 1 fully saturated rings. The highest BCUT2D eigenvalue weighted by Crippen LogP contribution is 2.18. The van der Waals surface area contributed by atoms with Gasteiger partial charge in [-0.25, -0.2) is 8.42 Å². The molecule has 6 heteroatoms. The lowest BCUT2D eigenvalue weighted by atomic mass is 10.2. The highest BCUT2D eigenvalue weighted by Gasteiger charge is 2.26. The van der Waals surface area contributed by atoms with Crippen molar-refractivity contribution in [3.8, 4) is 0 Å². The van der Waals surface area contributed by atoms with Gasteiger partial charge in [0.15, 0.2) is 0 Å². The van der Waals surface area contributed by atoms with Crippen LogP contribution in [0, 0.1) is 0 Å². The SMILES string of the molecule is O=S(=O)(c1cn[nH]c1)N1CCCCC1. The maximum Gasteiger partial charge on any atom is 0.246 e. The van der Waals surface area contributed by atoms with Gasteiger partial charge >= 0.3 is 0 Å². The predicted octanol–water partition coefficient (Wildman–Crippen LogP) is 0.584. The number of rotatable bonds is 2. The molecule has 1 aliphatic heterocycles. The third kappa shape index (κ3) is 1.67. The van der Waals surface area contributed by atoms with Crippen molar-refractivity contribution in [2.75, 3.05) is 13.1 Å². The van der Waals surface area contributed by atoms with Crippen LogP contribution in [-0.4, -0.2) is 36.0 Å². The Morgan fingerprint density at radius 1 is 1.29 bits per heavy atom. The molecule has 0 unspecified atom stereocenters. The van der Waals surface area contributed by atoms with E-state index in [1.54, 1.807) is 0 Å². The molecule has 2 heterocycles. The molecule has 0 aromatic carbocycles. The zero-order valence-corrected chi connectivity index (χ0v) is 8.63. The minimum atomic E-state index is -3.28. The average Bonchev–Trinajstić information content (AvgIpc) is 2.72. The molecule has 0 saturated carbocycles. The summed E-state index contributed by atoms with van der Waals surface area (Å²) < 4.78 is 25.4. The van der Waals surface area contributed by atoms with E-state index in [1.807, 2.05) is 0 Å². The zero-order valence-electron chi connectivity index (χ0n) is 7.81. The van der Waals surface area contributed by atoms with E-state index >= 15 is 0 Å². The van der Waals surface area contributed by atoms with E-state index in [2.05, 4.69) is 10.2 Å². The molecular formula is C8H13N3O2S. The topological polar surface area (TPSA) is 66.1 Å². The fraction of sp³-hybridized carbons (Fsp3) is 0.625. The van der Waals surface area contributed by atoms with Gasteiger partial charge in [-0.15, -0.1) is 0 Å². The summed E-state index contributed by atoms with van der Waals surface area (Å²) in [5.41, 5.74) is 0. The van der Waals surface area contributed by atoms with Crippen molar-refractivity contribution >= 4 is 10.0 Å². The maximum atomic E-state index is 11.9. The number of hydrogen-bond acceptors (Lipinski definition) is 3. The van der Waals surface area contributed by atoms with Gasteiger partial charge in [-0.05, 0) is 12.8 Å². The number of hydrogen-bond donors (Lipinski definition) is 1. The minimum absolute atomic E-state index is 0.263. The first-order chi connectivity index (χ1) is 6.71. The summed E-state index contributed by atoms with van der Waals surface area (Å²) in [6.07, 6.45) is 5.81. The van der Waals surface area contributed by atoms with Crippen LogP contribution in [0.3, 0.4) is 0 Å². The maximum absolute atomic E-state index is 11.9. The minimum Gasteiger partial charge on any atom is -0.284 e. The highest BCUT2D eigenvalue weighted by molar-refractivity contribution is 7.89. The molecule has 0 spiro atoms. The lowest BCUT2D eigenvalue weighted by Crippen LogP contribution is -2.35. The van der Waals surface area contributed by atoms with Gasteiger partial charge < -0.3 is 0 Å². The second-order valence-electron chi connectivity index (χ2n) is 3.40. The van der Waals surface area contributed by atoms with Crippen molar-refractivity contribution in [2.24, 2.45) is 0 Å². The van der Waals surface area contributed by atoms with Gasteiger partial charge in [-0.2, -0.15) is 9.40 Å². The van der Waals surface area contributed by atoms with Gasteiger partial charge in [-0.3, -0.25) is 5.10 Å². The summed E-state index contributed by atoms with van der Waals surface area (Å²) in [6.45, 7) is 1.26. The van der Waals surface area contributed by atoms with Crippen molar-refractivity contribution in [3.05, 3.63) is 12.4 Å². The van der Waals surface area contributed by atoms with Gasteiger partial charge in [0.25, 0.3) is 0 Å². The van der Waals surface area contributed by atoms with Crippen molar-refractivity contribution in [1.82, 2.24) is 14.5 Å². The third-order valence-electron chi connectivity index (χ3n) is 2.43. The van der Waals surface area contributed by atoms with Gasteiger partial charge in [0.05, 0.1) is 6.20 Å². The van der Waals surface area contributed by atoms with Crippen molar-refractivity contribution in [3.63, 3.8) is 0 Å². The van der Waals surface area contributed by atoms with E-state index in [1.165, 1.54) is 16.7 Å². The van der Waals surface area contributed by atoms with Crippen molar-refractivity contribution < 1.29 is 8.42 Å². The van der Waals surface area contributed by atoms with Crippen molar-refractivity contribution in [1.29, 1.82) is 0 Å². The second kappa shape index (κ2) is 3.70. The summed E-state index contributed by atoms with van der Waals surface area (Å²) in [7, 11) is -3.28. The first kappa shape index (κ1) is 9.67. The van der Waals surface area contributed by atoms with Crippen LogP contribution in [0.25, 0.3) is 0 Å². The first-order valence-corrected chi connectivity index (χ1v) is 6.14. The van der Waals surface area contributed by atoms with Crippen LogP contribution in [0.1, 0.15) is 19.3 Å². The molecule has 0 atom stereocenters. The van der Waals surface area contributed by atoms with Crippen LogP contribution in [0.5, 0.6) is 0 Å². The van der Waals surface area contributed by atoms with E-state index < -0.39 is 10.0 Å². The molecular weight excluding hydrogens is 202 g/mol. The molecule has 0 amide bonds. The number of aromatic amines is 1. The van der Waals surface area contributed by atoms with Crippen LogP contribution in [0.2, 0.25) is 0 Å². The number of nitrogens with one attached hydrogen (secondary N) is 1. The summed E-state index contributed by atoms with van der Waals surface area (Å²) in [4.78, 5) is 0.263. The van der Waals surface area contributed by atoms with Crippen LogP contribution in [-0.2, 0) is 10.0 Å². The van der Waals surface area contributed by atoms with Gasteiger partial charge in [0.2, 0.25) is 10.0 Å². The standard InChI is InChI=1S/C8H13N3O2S/c12-14(13,8-6-9-10-7-8)11-4-2-1-3-5-11/h6-7H,1-5H2,(H,9,10). The van der Waals surface area contributed by atoms with Gasteiger partial charge in [0.1, 0.15) is 4.90 Å². The van der Waals surface area contributed by atoms with E-state index in [4.69, 9.17) is 0 Å². The Hall–Kier alpha value is -0.880. The smallest absolute Gasteiger partial charge is 0.246 e. The quantitative estimate of drug-likeness (QED) is 0.785. The molecule has 0 bridgehead atoms. The highest BCUT2D eigenvalue weighted by atomic mass is 32.2. The lowest BCUT2D eigenvalue weighted by Gasteiger charge is -2.24. The summed E-state index contributed by atoms with van der Waals surface area (Å²) in [5, 5.41) is 6.17. The summed E-state index contributed by atoms with van der Waals surface area (Å²) in [6, 6.07) is 0. The fourth-order valence-electron chi connectivity index (χ4n) is 1.63. The third-order valence-corrected chi connectivity index (χ3v) is 4.29. The molecule has 78 valence electrons. The van der Waals surface area contributed by atoms with E-state index in [0.717, 1.165) is 19.3 Å². The number of nitrogens with zero attached hydrogens (tertiary/aromatic N) is 2. The molecule has 1 aromatic rings. The normalized spacial score (nSPS) is 19.7. The molecule has 5 nitrogen and oxygen atoms in total. The number of H-pyrrole nitrogens is 1. The monoisotopic (exact) mass is 215 g/mol. The Kier molecular flexibility index (Phi) is 2.56. The lowest BCUT2D eigenvalue weighted by molar-refractivity contribution is 0.346. The molecule has 1 saturated heterocycles. The molecule has 1 aromatic heterocycles. The molecule has 2 rings (SSSR count). The van der Waals surface area contributed by atoms with Crippen LogP contribution >= 0.6 is 0 Å². The van der Waals surface area contributed by atoms with Crippen molar-refractivity contribution in [2.45, 2.75) is 24.2 Å². The molecule has 14 heavy (non-hydrogen) atoms. The Bertz CT molecular complexity index is 379. The largest absolute Gasteiger partial charge is 0.284 e. The number of sulfonamides is 1. The van der Waals surface area contributed by atoms with E-state index in [-0.39, 0.29) is 4.90 Å². The first-order valence-electron chi connectivity index (χ1n) is 4.70. The van der Waals surface area contributed by atoms with E-state index in [0.29, 0.717) is 13.1 Å². The predicted molar refractivity (Wildman–Crippen MR) is 51.2 cm³/mol. The molecule has 0 radical (unpaired) electrons. The Balaban J connectivity index is 2.23. The van der Waals surface area contributed by atoms with Gasteiger partial charge in [-0.1, -0.05) is 6.42 Å². The Morgan fingerprint density at radius 2 is 2.00 bits per heavy atom. The fourth-order valence-corrected chi connectivity index (χ4v) is 3.06. The number of piperidine rings is 1.